The zero-order valence-corrected chi connectivity index (χ0v) is 18.7. The minimum atomic E-state index is -4.61. The van der Waals surface area contributed by atoms with Crippen molar-refractivity contribution in [1.82, 2.24) is 10.2 Å². The fourth-order valence-electron chi connectivity index (χ4n) is 3.52. The van der Waals surface area contributed by atoms with Gasteiger partial charge in [0, 0.05) is 31.4 Å². The quantitative estimate of drug-likeness (QED) is 0.627. The van der Waals surface area contributed by atoms with Gasteiger partial charge in [0.2, 0.25) is 0 Å². The van der Waals surface area contributed by atoms with Crippen molar-refractivity contribution in [3.8, 4) is 5.75 Å². The summed E-state index contributed by atoms with van der Waals surface area (Å²) in [4.78, 5) is 26.0. The highest BCUT2D eigenvalue weighted by atomic mass is 35.5. The Labute approximate surface area is 193 Å². The lowest BCUT2D eigenvalue weighted by molar-refractivity contribution is -0.137. The van der Waals surface area contributed by atoms with Crippen molar-refractivity contribution in [3.05, 3.63) is 58.1 Å². The molecule has 0 radical (unpaired) electrons. The Hall–Kier alpha value is -3.14. The standard InChI is InChI=1S/C22H23ClF3N3O4/c1-32-19-6-3-13(9-17(19)23)11-27-20(30)16-10-14(22(24,25)26)4-5-18(16)28-15-7-8-29(12-15)21(31)33-2/h3-6,9-10,15,28H,7-8,11-12H2,1-2H3,(H,27,30)/t15-/m0/s1. The predicted molar refractivity (Wildman–Crippen MR) is 117 cm³/mol. The average molecular weight is 486 g/mol. The van der Waals surface area contributed by atoms with Crippen molar-refractivity contribution in [2.75, 3.05) is 32.6 Å². The second kappa shape index (κ2) is 10.2. The number of nitrogens with one attached hydrogen (secondary N) is 2. The Morgan fingerprint density at radius 1 is 1.18 bits per heavy atom. The number of likely N-dealkylation sites (tertiary alicyclic amines) is 1. The topological polar surface area (TPSA) is 79.9 Å². The molecule has 0 unspecified atom stereocenters. The molecule has 1 aliphatic rings. The Kier molecular flexibility index (Phi) is 7.57. The zero-order chi connectivity index (χ0) is 24.2. The number of anilines is 1. The van der Waals surface area contributed by atoms with E-state index >= 15 is 0 Å². The maximum atomic E-state index is 13.3. The van der Waals surface area contributed by atoms with Crippen LogP contribution in [-0.4, -0.2) is 50.3 Å². The summed E-state index contributed by atoms with van der Waals surface area (Å²) in [5.41, 5.74) is -0.195. The first-order valence-electron chi connectivity index (χ1n) is 10.0. The van der Waals surface area contributed by atoms with Crippen molar-refractivity contribution < 1.29 is 32.2 Å². The highest BCUT2D eigenvalue weighted by molar-refractivity contribution is 6.32. The van der Waals surface area contributed by atoms with Crippen LogP contribution in [0.15, 0.2) is 36.4 Å². The number of hydrogen-bond donors (Lipinski definition) is 2. The fourth-order valence-corrected chi connectivity index (χ4v) is 3.80. The second-order valence-electron chi connectivity index (χ2n) is 7.46. The van der Waals surface area contributed by atoms with Crippen molar-refractivity contribution in [2.24, 2.45) is 0 Å². The molecule has 0 spiro atoms. The molecule has 33 heavy (non-hydrogen) atoms. The molecule has 7 nitrogen and oxygen atoms in total. The van der Waals surface area contributed by atoms with E-state index in [0.717, 1.165) is 12.1 Å². The van der Waals surface area contributed by atoms with Gasteiger partial charge in [0.1, 0.15) is 5.75 Å². The molecule has 178 valence electrons. The van der Waals surface area contributed by atoms with Gasteiger partial charge in [0.05, 0.1) is 30.4 Å². The van der Waals surface area contributed by atoms with Gasteiger partial charge in [-0.25, -0.2) is 4.79 Å². The first-order chi connectivity index (χ1) is 15.6. The van der Waals surface area contributed by atoms with E-state index in [1.54, 1.807) is 18.2 Å². The van der Waals surface area contributed by atoms with Crippen molar-refractivity contribution in [2.45, 2.75) is 25.2 Å². The third kappa shape index (κ3) is 6.01. The molecule has 0 aliphatic carbocycles. The highest BCUT2D eigenvalue weighted by Crippen LogP contribution is 2.32. The van der Waals surface area contributed by atoms with Crippen LogP contribution in [0.3, 0.4) is 0 Å². The summed E-state index contributed by atoms with van der Waals surface area (Å²) in [6, 6.07) is 7.63. The van der Waals surface area contributed by atoms with Gasteiger partial charge in [0.25, 0.3) is 5.91 Å². The van der Waals surface area contributed by atoms with E-state index in [-0.39, 0.29) is 23.8 Å². The van der Waals surface area contributed by atoms with Gasteiger partial charge in [0.15, 0.2) is 0 Å². The van der Waals surface area contributed by atoms with Crippen LogP contribution in [0.25, 0.3) is 0 Å². The molecular formula is C22H23ClF3N3O4. The number of rotatable bonds is 6. The van der Waals surface area contributed by atoms with Gasteiger partial charge < -0.3 is 25.0 Å². The molecule has 0 aromatic heterocycles. The monoisotopic (exact) mass is 485 g/mol. The van der Waals surface area contributed by atoms with E-state index < -0.39 is 23.7 Å². The molecule has 1 aliphatic heterocycles. The minimum Gasteiger partial charge on any atom is -0.495 e. The molecule has 3 rings (SSSR count). The Morgan fingerprint density at radius 3 is 2.58 bits per heavy atom. The van der Waals surface area contributed by atoms with Crippen LogP contribution in [0.2, 0.25) is 5.02 Å². The number of carbonyl (C=O) groups excluding carboxylic acids is 2. The number of amides is 2. The van der Waals surface area contributed by atoms with Crippen molar-refractivity contribution >= 4 is 29.3 Å². The van der Waals surface area contributed by atoms with E-state index in [4.69, 9.17) is 21.1 Å². The molecule has 11 heteroatoms. The summed E-state index contributed by atoms with van der Waals surface area (Å²) < 4.78 is 49.6. The van der Waals surface area contributed by atoms with Crippen LogP contribution in [0.1, 0.15) is 27.9 Å². The fraction of sp³-hybridized carbons (Fsp3) is 0.364. The lowest BCUT2D eigenvalue weighted by Crippen LogP contribution is -2.32. The zero-order valence-electron chi connectivity index (χ0n) is 18.0. The number of benzene rings is 2. The lowest BCUT2D eigenvalue weighted by atomic mass is 10.1. The molecule has 2 N–H and O–H groups in total. The molecule has 0 saturated carbocycles. The number of methoxy groups -OCH3 is 2. The molecule has 1 heterocycles. The number of alkyl halides is 3. The van der Waals surface area contributed by atoms with Gasteiger partial charge in [-0.1, -0.05) is 17.7 Å². The molecule has 1 fully saturated rings. The first-order valence-corrected chi connectivity index (χ1v) is 10.4. The first kappa shape index (κ1) is 24.5. The maximum Gasteiger partial charge on any atom is 0.416 e. The maximum absolute atomic E-state index is 13.3. The van der Waals surface area contributed by atoms with Gasteiger partial charge in [-0.05, 0) is 42.3 Å². The normalized spacial score (nSPS) is 15.8. The van der Waals surface area contributed by atoms with Crippen LogP contribution < -0.4 is 15.4 Å². The third-order valence-corrected chi connectivity index (χ3v) is 5.54. The Morgan fingerprint density at radius 2 is 1.94 bits per heavy atom. The van der Waals surface area contributed by atoms with Gasteiger partial charge in [-0.3, -0.25) is 4.79 Å². The summed E-state index contributed by atoms with van der Waals surface area (Å²) in [5, 5.41) is 6.06. The van der Waals surface area contributed by atoms with Crippen LogP contribution in [0, 0.1) is 0 Å². The van der Waals surface area contributed by atoms with E-state index in [1.165, 1.54) is 25.2 Å². The largest absolute Gasteiger partial charge is 0.495 e. The number of halogens is 4. The smallest absolute Gasteiger partial charge is 0.416 e. The number of carbonyl (C=O) groups is 2. The number of hydrogen-bond acceptors (Lipinski definition) is 5. The lowest BCUT2D eigenvalue weighted by Gasteiger charge is -2.19. The van der Waals surface area contributed by atoms with Gasteiger partial charge in [-0.2, -0.15) is 13.2 Å². The van der Waals surface area contributed by atoms with Gasteiger partial charge in [-0.15, -0.1) is 0 Å². The molecule has 2 aromatic carbocycles. The van der Waals surface area contributed by atoms with E-state index in [0.29, 0.717) is 35.8 Å². The molecule has 1 atom stereocenters. The molecule has 2 amide bonds. The summed E-state index contributed by atoms with van der Waals surface area (Å²) in [6.07, 6.45) is -4.53. The van der Waals surface area contributed by atoms with Crippen molar-refractivity contribution in [3.63, 3.8) is 0 Å². The SMILES string of the molecule is COC(=O)N1CC[C@H](Nc2ccc(C(F)(F)F)cc2C(=O)NCc2ccc(OC)c(Cl)c2)C1. The Bertz CT molecular complexity index is 1030. The molecule has 1 saturated heterocycles. The van der Waals surface area contributed by atoms with Crippen molar-refractivity contribution in [1.29, 1.82) is 0 Å². The number of nitrogens with zero attached hydrogens (tertiary/aromatic N) is 1. The highest BCUT2D eigenvalue weighted by Gasteiger charge is 2.33. The van der Waals surface area contributed by atoms with Crippen LogP contribution >= 0.6 is 11.6 Å². The average Bonchev–Trinajstić information content (AvgIpc) is 3.25. The summed E-state index contributed by atoms with van der Waals surface area (Å²) in [7, 11) is 2.75. The molecule has 2 aromatic rings. The predicted octanol–water partition coefficient (Wildman–Crippen LogP) is 4.55. The van der Waals surface area contributed by atoms with E-state index in [1.807, 2.05) is 0 Å². The summed E-state index contributed by atoms with van der Waals surface area (Å²) in [5.74, 6) is -0.216. The van der Waals surface area contributed by atoms with Crippen LogP contribution in [0.4, 0.5) is 23.7 Å². The molecular weight excluding hydrogens is 463 g/mol. The summed E-state index contributed by atoms with van der Waals surface area (Å²) in [6.45, 7) is 0.793. The molecule has 0 bridgehead atoms. The van der Waals surface area contributed by atoms with Crippen LogP contribution in [-0.2, 0) is 17.5 Å². The van der Waals surface area contributed by atoms with Crippen LogP contribution in [0.5, 0.6) is 5.75 Å². The Balaban J connectivity index is 1.78. The second-order valence-corrected chi connectivity index (χ2v) is 7.86. The number of ether oxygens (including phenoxy) is 2. The van der Waals surface area contributed by atoms with E-state index in [2.05, 4.69) is 10.6 Å². The minimum absolute atomic E-state index is 0.0534. The van der Waals surface area contributed by atoms with Gasteiger partial charge >= 0.3 is 12.3 Å². The van der Waals surface area contributed by atoms with E-state index in [9.17, 15) is 22.8 Å². The third-order valence-electron chi connectivity index (χ3n) is 5.24. The summed E-state index contributed by atoms with van der Waals surface area (Å²) >= 11 is 6.09.